The molecule has 0 aliphatic carbocycles. The van der Waals surface area contributed by atoms with Gasteiger partial charge < -0.3 is 20.5 Å². The Labute approximate surface area is 123 Å². The number of carbonyl (C=O) groups excluding carboxylic acids is 1. The van der Waals surface area contributed by atoms with Crippen LogP contribution in [0.1, 0.15) is 19.4 Å². The highest BCUT2D eigenvalue weighted by Crippen LogP contribution is 2.24. The number of carboxylic acid groups (broad SMARTS) is 1. The van der Waals surface area contributed by atoms with Gasteiger partial charge >= 0.3 is 5.97 Å². The zero-order valence-corrected chi connectivity index (χ0v) is 12.2. The van der Waals surface area contributed by atoms with Gasteiger partial charge in [-0.3, -0.25) is 9.59 Å². The predicted molar refractivity (Wildman–Crippen MR) is 78.3 cm³/mol. The topological polar surface area (TPSA) is 87.7 Å². The molecule has 0 bridgehead atoms. The van der Waals surface area contributed by atoms with Gasteiger partial charge in [0, 0.05) is 18.8 Å². The maximum absolute atomic E-state index is 12.0. The normalized spacial score (nSPS) is 19.0. The summed E-state index contributed by atoms with van der Waals surface area (Å²) in [5, 5.41) is 15.0. The molecule has 3 N–H and O–H groups in total. The van der Waals surface area contributed by atoms with E-state index in [0.29, 0.717) is 24.4 Å². The van der Waals surface area contributed by atoms with E-state index in [-0.39, 0.29) is 5.91 Å². The lowest BCUT2D eigenvalue weighted by Crippen LogP contribution is -2.45. The fourth-order valence-electron chi connectivity index (χ4n) is 2.05. The number of carbonyl (C=O) groups is 2. The summed E-state index contributed by atoms with van der Waals surface area (Å²) in [7, 11) is 0. The number of morpholine rings is 1. The molecule has 0 saturated carbocycles. The van der Waals surface area contributed by atoms with Crippen molar-refractivity contribution >= 4 is 17.6 Å². The van der Waals surface area contributed by atoms with Crippen molar-refractivity contribution < 1.29 is 19.4 Å². The molecule has 1 heterocycles. The number of hydrogen-bond donors (Lipinski definition) is 3. The quantitative estimate of drug-likeness (QED) is 0.770. The van der Waals surface area contributed by atoms with Crippen molar-refractivity contribution in [2.45, 2.75) is 25.4 Å². The van der Waals surface area contributed by atoms with Crippen molar-refractivity contribution in [2.24, 2.45) is 0 Å². The molecule has 1 saturated heterocycles. The number of anilines is 1. The van der Waals surface area contributed by atoms with E-state index in [1.165, 1.54) is 0 Å². The lowest BCUT2D eigenvalue weighted by atomic mass is 9.85. The Morgan fingerprint density at radius 1 is 1.33 bits per heavy atom. The van der Waals surface area contributed by atoms with E-state index in [1.54, 1.807) is 38.1 Å². The Bertz CT molecular complexity index is 519. The van der Waals surface area contributed by atoms with Crippen LogP contribution in [0.5, 0.6) is 0 Å². The Balaban J connectivity index is 2.02. The van der Waals surface area contributed by atoms with Gasteiger partial charge in [-0.15, -0.1) is 0 Å². The van der Waals surface area contributed by atoms with Crippen molar-refractivity contribution in [2.75, 3.05) is 25.0 Å². The van der Waals surface area contributed by atoms with E-state index in [4.69, 9.17) is 4.74 Å². The molecule has 2 rings (SSSR count). The Kier molecular flexibility index (Phi) is 4.59. The predicted octanol–water partition coefficient (Wildman–Crippen LogP) is 0.976. The van der Waals surface area contributed by atoms with Crippen LogP contribution >= 0.6 is 0 Å². The third-order valence-corrected chi connectivity index (χ3v) is 3.63. The van der Waals surface area contributed by atoms with E-state index in [0.717, 1.165) is 6.54 Å². The second-order valence-electron chi connectivity index (χ2n) is 5.56. The van der Waals surface area contributed by atoms with Crippen molar-refractivity contribution in [3.8, 4) is 0 Å². The van der Waals surface area contributed by atoms with E-state index < -0.39 is 17.5 Å². The molecule has 0 aromatic heterocycles. The van der Waals surface area contributed by atoms with Crippen LogP contribution < -0.4 is 10.6 Å². The standard InChI is InChI=1S/C15H20N2O4/c1-15(2,14(19)20)10-3-5-11(6-4-10)17-13(18)12-9-16-7-8-21-12/h3-6,12,16H,7-9H2,1-2H3,(H,17,18)(H,19,20). The van der Waals surface area contributed by atoms with Gasteiger partial charge in [-0.05, 0) is 31.5 Å². The number of hydrogen-bond acceptors (Lipinski definition) is 4. The summed E-state index contributed by atoms with van der Waals surface area (Å²) < 4.78 is 5.37. The largest absolute Gasteiger partial charge is 0.481 e. The first-order valence-corrected chi connectivity index (χ1v) is 6.88. The maximum atomic E-state index is 12.0. The molecule has 1 unspecified atom stereocenters. The van der Waals surface area contributed by atoms with Gasteiger partial charge in [0.15, 0.2) is 0 Å². The minimum Gasteiger partial charge on any atom is -0.481 e. The molecular formula is C15H20N2O4. The fourth-order valence-corrected chi connectivity index (χ4v) is 2.05. The highest BCUT2D eigenvalue weighted by Gasteiger charge is 2.29. The smallest absolute Gasteiger partial charge is 0.313 e. The number of aliphatic carboxylic acids is 1. The first-order valence-electron chi connectivity index (χ1n) is 6.88. The highest BCUT2D eigenvalue weighted by atomic mass is 16.5. The molecule has 1 aromatic rings. The summed E-state index contributed by atoms with van der Waals surface area (Å²) in [6.45, 7) is 5.05. The van der Waals surface area contributed by atoms with E-state index in [1.807, 2.05) is 0 Å². The summed E-state index contributed by atoms with van der Waals surface area (Å²) in [5.41, 5.74) is 0.349. The summed E-state index contributed by atoms with van der Waals surface area (Å²) >= 11 is 0. The average Bonchev–Trinajstić information content (AvgIpc) is 2.48. The molecule has 0 radical (unpaired) electrons. The molecule has 1 aliphatic rings. The van der Waals surface area contributed by atoms with Crippen LogP contribution in [-0.4, -0.2) is 42.8 Å². The minimum atomic E-state index is -0.959. The van der Waals surface area contributed by atoms with Crippen LogP contribution in [0, 0.1) is 0 Å². The number of carboxylic acids is 1. The minimum absolute atomic E-state index is 0.201. The van der Waals surface area contributed by atoms with Crippen LogP contribution in [-0.2, 0) is 19.7 Å². The van der Waals surface area contributed by atoms with Crippen LogP contribution in [0.4, 0.5) is 5.69 Å². The molecule has 1 fully saturated rings. The number of nitrogens with one attached hydrogen (secondary N) is 2. The number of amides is 1. The lowest BCUT2D eigenvalue weighted by molar-refractivity contribution is -0.142. The van der Waals surface area contributed by atoms with Gasteiger partial charge in [-0.25, -0.2) is 0 Å². The molecule has 1 aromatic carbocycles. The van der Waals surface area contributed by atoms with Gasteiger partial charge in [0.05, 0.1) is 12.0 Å². The Morgan fingerprint density at radius 3 is 2.52 bits per heavy atom. The number of ether oxygens (including phenoxy) is 1. The first-order chi connectivity index (χ1) is 9.91. The number of benzene rings is 1. The lowest BCUT2D eigenvalue weighted by Gasteiger charge is -2.23. The summed E-state index contributed by atoms with van der Waals surface area (Å²) in [4.78, 5) is 23.2. The van der Waals surface area contributed by atoms with Gasteiger partial charge in [-0.1, -0.05) is 12.1 Å². The van der Waals surface area contributed by atoms with Crippen molar-refractivity contribution in [1.82, 2.24) is 5.32 Å². The fraction of sp³-hybridized carbons (Fsp3) is 0.467. The van der Waals surface area contributed by atoms with Crippen LogP contribution in [0.3, 0.4) is 0 Å². The molecule has 114 valence electrons. The second-order valence-corrected chi connectivity index (χ2v) is 5.56. The van der Waals surface area contributed by atoms with Crippen LogP contribution in [0.25, 0.3) is 0 Å². The Morgan fingerprint density at radius 2 is 2.00 bits per heavy atom. The average molecular weight is 292 g/mol. The van der Waals surface area contributed by atoms with Crippen molar-refractivity contribution in [1.29, 1.82) is 0 Å². The maximum Gasteiger partial charge on any atom is 0.313 e. The van der Waals surface area contributed by atoms with Crippen molar-refractivity contribution in [3.05, 3.63) is 29.8 Å². The van der Waals surface area contributed by atoms with E-state index in [9.17, 15) is 14.7 Å². The second kappa shape index (κ2) is 6.24. The first kappa shape index (κ1) is 15.5. The zero-order chi connectivity index (χ0) is 15.5. The van der Waals surface area contributed by atoms with Gasteiger partial charge in [0.25, 0.3) is 5.91 Å². The van der Waals surface area contributed by atoms with Gasteiger partial charge in [-0.2, -0.15) is 0 Å². The molecule has 6 nitrogen and oxygen atoms in total. The van der Waals surface area contributed by atoms with Crippen LogP contribution in [0.15, 0.2) is 24.3 Å². The molecule has 1 amide bonds. The van der Waals surface area contributed by atoms with Crippen molar-refractivity contribution in [3.63, 3.8) is 0 Å². The van der Waals surface area contributed by atoms with Gasteiger partial charge in [0.2, 0.25) is 0 Å². The molecule has 21 heavy (non-hydrogen) atoms. The van der Waals surface area contributed by atoms with Gasteiger partial charge in [0.1, 0.15) is 6.10 Å². The molecule has 6 heteroatoms. The molecule has 0 spiro atoms. The number of rotatable bonds is 4. The molecule has 1 aliphatic heterocycles. The summed E-state index contributed by atoms with van der Waals surface area (Å²) in [6.07, 6.45) is -0.492. The zero-order valence-electron chi connectivity index (χ0n) is 12.2. The molecule has 1 atom stereocenters. The van der Waals surface area contributed by atoms with Crippen LogP contribution in [0.2, 0.25) is 0 Å². The van der Waals surface area contributed by atoms with E-state index in [2.05, 4.69) is 10.6 Å². The third-order valence-electron chi connectivity index (χ3n) is 3.63. The summed E-state index contributed by atoms with van der Waals surface area (Å²) in [6, 6.07) is 6.83. The van der Waals surface area contributed by atoms with E-state index >= 15 is 0 Å². The SMILES string of the molecule is CC(C)(C(=O)O)c1ccc(NC(=O)C2CNCCO2)cc1. The monoisotopic (exact) mass is 292 g/mol. The highest BCUT2D eigenvalue weighted by molar-refractivity contribution is 5.94. The third kappa shape index (κ3) is 3.59. The summed E-state index contributed by atoms with van der Waals surface area (Å²) in [5.74, 6) is -1.09. The molecular weight excluding hydrogens is 272 g/mol. The Hall–Kier alpha value is -1.92.